The normalized spacial score (nSPS) is 15.9. The molecule has 1 aromatic rings. The molecule has 0 heterocycles. The number of nitrogens with zero attached hydrogens (tertiary/aromatic N) is 1. The van der Waals surface area contributed by atoms with Gasteiger partial charge in [0.25, 0.3) is 0 Å². The van der Waals surface area contributed by atoms with E-state index in [1.54, 1.807) is 13.1 Å². The van der Waals surface area contributed by atoms with Crippen molar-refractivity contribution in [1.29, 1.82) is 0 Å². The van der Waals surface area contributed by atoms with Gasteiger partial charge in [-0.05, 0) is 30.5 Å². The first-order chi connectivity index (χ1) is 9.07. The second kappa shape index (κ2) is 5.57. The smallest absolute Gasteiger partial charge is 0.317 e. The van der Waals surface area contributed by atoms with Gasteiger partial charge in [-0.3, -0.25) is 0 Å². The minimum atomic E-state index is -0.243. The van der Waals surface area contributed by atoms with Gasteiger partial charge in [0.1, 0.15) is 5.82 Å². The standard InChI is InChI=1S/C14H19FN2O2/c1-17(7-8-18)13(19)16-10-14(5-6-14)11-3-2-4-12(15)9-11/h2-4,9,18H,5-8,10H2,1H3,(H,16,19). The van der Waals surface area contributed by atoms with Gasteiger partial charge in [-0.15, -0.1) is 0 Å². The maximum atomic E-state index is 13.2. The zero-order valence-corrected chi connectivity index (χ0v) is 11.0. The maximum Gasteiger partial charge on any atom is 0.317 e. The van der Waals surface area contributed by atoms with E-state index in [1.165, 1.54) is 17.0 Å². The highest BCUT2D eigenvalue weighted by molar-refractivity contribution is 5.74. The van der Waals surface area contributed by atoms with E-state index in [2.05, 4.69) is 5.32 Å². The van der Waals surface area contributed by atoms with Crippen LogP contribution in [0.1, 0.15) is 18.4 Å². The molecule has 0 saturated heterocycles. The van der Waals surface area contributed by atoms with Gasteiger partial charge in [0.05, 0.1) is 6.61 Å². The van der Waals surface area contributed by atoms with E-state index < -0.39 is 0 Å². The van der Waals surface area contributed by atoms with Gasteiger partial charge in [0.2, 0.25) is 0 Å². The summed E-state index contributed by atoms with van der Waals surface area (Å²) in [6.45, 7) is 0.753. The quantitative estimate of drug-likeness (QED) is 0.848. The molecule has 0 atom stereocenters. The summed E-state index contributed by atoms with van der Waals surface area (Å²) in [7, 11) is 1.63. The summed E-state index contributed by atoms with van der Waals surface area (Å²) in [5, 5.41) is 11.6. The first kappa shape index (κ1) is 13.8. The molecule has 2 amide bonds. The number of likely N-dealkylation sites (N-methyl/N-ethyl adjacent to an activating group) is 1. The van der Waals surface area contributed by atoms with Crippen molar-refractivity contribution in [3.05, 3.63) is 35.6 Å². The van der Waals surface area contributed by atoms with Gasteiger partial charge in [-0.2, -0.15) is 0 Å². The van der Waals surface area contributed by atoms with E-state index in [-0.39, 0.29) is 23.9 Å². The van der Waals surface area contributed by atoms with Crippen LogP contribution < -0.4 is 5.32 Å². The molecule has 2 rings (SSSR count). The number of carbonyl (C=O) groups excluding carboxylic acids is 1. The van der Waals surface area contributed by atoms with Crippen LogP contribution in [0.4, 0.5) is 9.18 Å². The number of aliphatic hydroxyl groups excluding tert-OH is 1. The molecule has 0 bridgehead atoms. The zero-order chi connectivity index (χ0) is 13.9. The number of nitrogens with one attached hydrogen (secondary N) is 1. The Bertz CT molecular complexity index is 461. The third-order valence-electron chi connectivity index (χ3n) is 3.65. The van der Waals surface area contributed by atoms with Gasteiger partial charge in [-0.1, -0.05) is 12.1 Å². The molecule has 1 saturated carbocycles. The molecule has 19 heavy (non-hydrogen) atoms. The first-order valence-electron chi connectivity index (χ1n) is 6.43. The number of hydrogen-bond acceptors (Lipinski definition) is 2. The van der Waals surface area contributed by atoms with Crippen LogP contribution in [0.25, 0.3) is 0 Å². The van der Waals surface area contributed by atoms with Gasteiger partial charge in [0, 0.05) is 25.6 Å². The number of aliphatic hydroxyl groups is 1. The molecule has 0 aromatic heterocycles. The number of urea groups is 1. The predicted octanol–water partition coefficient (Wildman–Crippen LogP) is 1.49. The van der Waals surface area contributed by atoms with Crippen LogP contribution in [0, 0.1) is 5.82 Å². The van der Waals surface area contributed by atoms with E-state index in [0.29, 0.717) is 13.1 Å². The number of benzene rings is 1. The first-order valence-corrected chi connectivity index (χ1v) is 6.43. The minimum absolute atomic E-state index is 0.0566. The highest BCUT2D eigenvalue weighted by Crippen LogP contribution is 2.47. The number of carbonyl (C=O) groups is 1. The molecule has 1 fully saturated rings. The van der Waals surface area contributed by atoms with Crippen LogP contribution in [-0.2, 0) is 5.41 Å². The lowest BCUT2D eigenvalue weighted by molar-refractivity contribution is 0.189. The van der Waals surface area contributed by atoms with Crippen molar-refractivity contribution < 1.29 is 14.3 Å². The highest BCUT2D eigenvalue weighted by Gasteiger charge is 2.44. The molecule has 5 heteroatoms. The third-order valence-corrected chi connectivity index (χ3v) is 3.65. The second-order valence-electron chi connectivity index (χ2n) is 5.09. The summed E-state index contributed by atoms with van der Waals surface area (Å²) in [4.78, 5) is 13.2. The number of rotatable bonds is 5. The fourth-order valence-corrected chi connectivity index (χ4v) is 2.17. The monoisotopic (exact) mass is 266 g/mol. The van der Waals surface area contributed by atoms with Gasteiger partial charge in [0.15, 0.2) is 0 Å². The lowest BCUT2D eigenvalue weighted by atomic mass is 9.96. The summed E-state index contributed by atoms with van der Waals surface area (Å²) in [6.07, 6.45) is 1.92. The molecule has 1 aromatic carbocycles. The van der Waals surface area contributed by atoms with Crippen LogP contribution in [0.2, 0.25) is 0 Å². The summed E-state index contributed by atoms with van der Waals surface area (Å²) < 4.78 is 13.2. The lowest BCUT2D eigenvalue weighted by Gasteiger charge is -2.21. The zero-order valence-electron chi connectivity index (χ0n) is 11.0. The highest BCUT2D eigenvalue weighted by atomic mass is 19.1. The molecule has 104 valence electrons. The fourth-order valence-electron chi connectivity index (χ4n) is 2.17. The molecule has 0 radical (unpaired) electrons. The van der Waals surface area contributed by atoms with E-state index >= 15 is 0 Å². The summed E-state index contributed by atoms with van der Waals surface area (Å²) >= 11 is 0. The van der Waals surface area contributed by atoms with Crippen molar-refractivity contribution in [2.45, 2.75) is 18.3 Å². The van der Waals surface area contributed by atoms with Crippen LogP contribution >= 0.6 is 0 Å². The molecule has 1 aliphatic rings. The van der Waals surface area contributed by atoms with Crippen LogP contribution in [-0.4, -0.2) is 42.8 Å². The Morgan fingerprint density at radius 1 is 1.53 bits per heavy atom. The molecular weight excluding hydrogens is 247 g/mol. The molecule has 0 unspecified atom stereocenters. The minimum Gasteiger partial charge on any atom is -0.395 e. The van der Waals surface area contributed by atoms with E-state index in [4.69, 9.17) is 5.11 Å². The SMILES string of the molecule is CN(CCO)C(=O)NCC1(c2cccc(F)c2)CC1. The van der Waals surface area contributed by atoms with Crippen molar-refractivity contribution in [1.82, 2.24) is 10.2 Å². The van der Waals surface area contributed by atoms with Gasteiger partial charge < -0.3 is 15.3 Å². The average molecular weight is 266 g/mol. The van der Waals surface area contributed by atoms with Crippen molar-refractivity contribution in [2.75, 3.05) is 26.7 Å². The number of amides is 2. The largest absolute Gasteiger partial charge is 0.395 e. The maximum absolute atomic E-state index is 13.2. The Balaban J connectivity index is 1.94. The van der Waals surface area contributed by atoms with E-state index in [0.717, 1.165) is 18.4 Å². The Labute approximate surface area is 112 Å². The van der Waals surface area contributed by atoms with Crippen LogP contribution in [0.5, 0.6) is 0 Å². The topological polar surface area (TPSA) is 52.6 Å². The van der Waals surface area contributed by atoms with Gasteiger partial charge in [-0.25, -0.2) is 9.18 Å². The molecular formula is C14H19FN2O2. The van der Waals surface area contributed by atoms with Crippen LogP contribution in [0.15, 0.2) is 24.3 Å². The van der Waals surface area contributed by atoms with Crippen molar-refractivity contribution in [3.8, 4) is 0 Å². The predicted molar refractivity (Wildman–Crippen MR) is 70.4 cm³/mol. The van der Waals surface area contributed by atoms with Crippen molar-refractivity contribution in [2.24, 2.45) is 0 Å². The second-order valence-corrected chi connectivity index (χ2v) is 5.09. The molecule has 2 N–H and O–H groups in total. The summed E-state index contributed by atoms with van der Waals surface area (Å²) in [5.74, 6) is -0.243. The Hall–Kier alpha value is -1.62. The lowest BCUT2D eigenvalue weighted by Crippen LogP contribution is -2.42. The summed E-state index contributed by atoms with van der Waals surface area (Å²) in [5.41, 5.74) is 0.829. The van der Waals surface area contributed by atoms with Crippen molar-refractivity contribution in [3.63, 3.8) is 0 Å². The summed E-state index contributed by atoms with van der Waals surface area (Å²) in [6, 6.07) is 6.35. The number of hydrogen-bond donors (Lipinski definition) is 2. The molecule has 4 nitrogen and oxygen atoms in total. The fraction of sp³-hybridized carbons (Fsp3) is 0.500. The molecule has 1 aliphatic carbocycles. The van der Waals surface area contributed by atoms with E-state index in [1.807, 2.05) is 6.07 Å². The Kier molecular flexibility index (Phi) is 4.04. The van der Waals surface area contributed by atoms with Crippen LogP contribution in [0.3, 0.4) is 0 Å². The Morgan fingerprint density at radius 3 is 2.84 bits per heavy atom. The molecule has 0 aliphatic heterocycles. The Morgan fingerprint density at radius 2 is 2.26 bits per heavy atom. The third kappa shape index (κ3) is 3.23. The molecule has 0 spiro atoms. The average Bonchev–Trinajstić information content (AvgIpc) is 3.17. The number of halogens is 1. The van der Waals surface area contributed by atoms with Crippen molar-refractivity contribution >= 4 is 6.03 Å². The van der Waals surface area contributed by atoms with Gasteiger partial charge >= 0.3 is 6.03 Å². The van der Waals surface area contributed by atoms with E-state index in [9.17, 15) is 9.18 Å².